The molecule has 0 fully saturated rings. The fraction of sp³-hybridized carbons (Fsp3) is 0.308. The van der Waals surface area contributed by atoms with Crippen LogP contribution in [0.5, 0.6) is 0 Å². The summed E-state index contributed by atoms with van der Waals surface area (Å²) in [5.41, 5.74) is 0.457. The minimum atomic E-state index is -0.139. The Balaban J connectivity index is 1.91. The first kappa shape index (κ1) is 13.5. The zero-order valence-electron chi connectivity index (χ0n) is 10.7. The van der Waals surface area contributed by atoms with Crippen molar-refractivity contribution < 1.29 is 14.0 Å². The molecule has 0 unspecified atom stereocenters. The van der Waals surface area contributed by atoms with Crippen LogP contribution in [-0.2, 0) is 17.8 Å². The molecule has 0 aromatic carbocycles. The van der Waals surface area contributed by atoms with E-state index in [1.165, 1.54) is 18.3 Å². The van der Waals surface area contributed by atoms with Crippen LogP contribution in [0.15, 0.2) is 22.8 Å². The number of ketones is 1. The van der Waals surface area contributed by atoms with Crippen LogP contribution in [0.4, 0.5) is 0 Å². The van der Waals surface area contributed by atoms with E-state index in [0.717, 1.165) is 4.88 Å². The summed E-state index contributed by atoms with van der Waals surface area (Å²) >= 11 is 1.38. The number of carbonyl (C=O) groups excluding carboxylic acids is 2. The van der Waals surface area contributed by atoms with Crippen molar-refractivity contribution >= 4 is 23.0 Å². The number of furan rings is 1. The quantitative estimate of drug-likeness (QED) is 0.850. The van der Waals surface area contributed by atoms with Crippen molar-refractivity contribution in [3.05, 3.63) is 39.7 Å². The highest BCUT2D eigenvalue weighted by Gasteiger charge is 2.14. The maximum Gasteiger partial charge on any atom is 0.227 e. The number of hydrogen-bond acceptors (Lipinski definition) is 5. The molecule has 100 valence electrons. The Kier molecular flexibility index (Phi) is 4.11. The van der Waals surface area contributed by atoms with Crippen molar-refractivity contribution in [1.29, 1.82) is 0 Å². The first-order chi connectivity index (χ1) is 9.06. The molecule has 0 spiro atoms. The first-order valence-corrected chi connectivity index (χ1v) is 6.64. The van der Waals surface area contributed by atoms with Crippen LogP contribution in [0.2, 0.25) is 0 Å². The number of aromatic nitrogens is 1. The van der Waals surface area contributed by atoms with E-state index in [0.29, 0.717) is 23.0 Å². The summed E-state index contributed by atoms with van der Waals surface area (Å²) in [4.78, 5) is 28.0. The van der Waals surface area contributed by atoms with Gasteiger partial charge in [0.1, 0.15) is 16.5 Å². The van der Waals surface area contributed by atoms with Gasteiger partial charge in [0.25, 0.3) is 0 Å². The van der Waals surface area contributed by atoms with Crippen molar-refractivity contribution in [3.8, 4) is 0 Å². The van der Waals surface area contributed by atoms with Crippen molar-refractivity contribution in [2.75, 3.05) is 0 Å². The molecule has 0 bridgehead atoms. The SMILES string of the molecule is CC(=O)c1nc(CC(=O)NCc2ccco2)sc1C. The van der Waals surface area contributed by atoms with Crippen molar-refractivity contribution in [1.82, 2.24) is 10.3 Å². The van der Waals surface area contributed by atoms with E-state index in [9.17, 15) is 9.59 Å². The number of nitrogens with zero attached hydrogens (tertiary/aromatic N) is 1. The zero-order valence-corrected chi connectivity index (χ0v) is 11.5. The fourth-order valence-corrected chi connectivity index (χ4v) is 2.63. The van der Waals surface area contributed by atoms with Crippen LogP contribution in [0.1, 0.15) is 33.1 Å². The van der Waals surface area contributed by atoms with Gasteiger partial charge in [0.05, 0.1) is 19.2 Å². The number of carbonyl (C=O) groups is 2. The van der Waals surface area contributed by atoms with E-state index in [1.54, 1.807) is 18.4 Å². The van der Waals surface area contributed by atoms with Gasteiger partial charge in [-0.2, -0.15) is 0 Å². The number of aryl methyl sites for hydroxylation is 1. The van der Waals surface area contributed by atoms with Crippen molar-refractivity contribution in [2.45, 2.75) is 26.8 Å². The smallest absolute Gasteiger partial charge is 0.227 e. The highest BCUT2D eigenvalue weighted by Crippen LogP contribution is 2.18. The second-order valence-electron chi connectivity index (χ2n) is 4.10. The molecule has 2 rings (SSSR count). The summed E-state index contributed by atoms with van der Waals surface area (Å²) in [5, 5.41) is 3.39. The highest BCUT2D eigenvalue weighted by atomic mass is 32.1. The van der Waals surface area contributed by atoms with E-state index in [-0.39, 0.29) is 18.1 Å². The highest BCUT2D eigenvalue weighted by molar-refractivity contribution is 7.12. The molecule has 19 heavy (non-hydrogen) atoms. The van der Waals surface area contributed by atoms with Gasteiger partial charge < -0.3 is 9.73 Å². The average Bonchev–Trinajstić information content (AvgIpc) is 2.96. The van der Waals surface area contributed by atoms with E-state index in [4.69, 9.17) is 4.42 Å². The zero-order chi connectivity index (χ0) is 13.8. The molecular weight excluding hydrogens is 264 g/mol. The van der Waals surface area contributed by atoms with Crippen LogP contribution in [-0.4, -0.2) is 16.7 Å². The van der Waals surface area contributed by atoms with Crippen LogP contribution >= 0.6 is 11.3 Å². The lowest BCUT2D eigenvalue weighted by molar-refractivity contribution is -0.120. The van der Waals surface area contributed by atoms with Crippen molar-refractivity contribution in [3.63, 3.8) is 0 Å². The molecule has 0 aliphatic heterocycles. The summed E-state index contributed by atoms with van der Waals surface area (Å²) in [6.45, 7) is 3.66. The molecule has 0 aliphatic carbocycles. The van der Waals surface area contributed by atoms with Gasteiger partial charge in [-0.05, 0) is 19.1 Å². The molecule has 0 saturated heterocycles. The monoisotopic (exact) mass is 278 g/mol. The summed E-state index contributed by atoms with van der Waals surface area (Å²) in [6, 6.07) is 3.56. The second-order valence-corrected chi connectivity index (χ2v) is 5.39. The summed E-state index contributed by atoms with van der Waals surface area (Å²) < 4.78 is 5.12. The summed E-state index contributed by atoms with van der Waals surface area (Å²) in [7, 11) is 0. The van der Waals surface area contributed by atoms with E-state index < -0.39 is 0 Å². The molecule has 1 N–H and O–H groups in total. The molecule has 2 heterocycles. The number of thiazole rings is 1. The predicted octanol–water partition coefficient (Wildman–Crippen LogP) is 2.11. The van der Waals surface area contributed by atoms with Crippen molar-refractivity contribution in [2.24, 2.45) is 0 Å². The summed E-state index contributed by atoms with van der Waals surface area (Å²) in [5.74, 6) is 0.490. The molecule has 2 aromatic heterocycles. The number of nitrogens with one attached hydrogen (secondary N) is 1. The van der Waals surface area contributed by atoms with Crippen LogP contribution in [0.3, 0.4) is 0 Å². The topological polar surface area (TPSA) is 72.2 Å². The third-order valence-electron chi connectivity index (χ3n) is 2.53. The molecule has 2 aromatic rings. The Morgan fingerprint density at radius 1 is 1.47 bits per heavy atom. The van der Waals surface area contributed by atoms with Gasteiger partial charge in [0.15, 0.2) is 5.78 Å². The van der Waals surface area contributed by atoms with E-state index >= 15 is 0 Å². The molecule has 5 nitrogen and oxygen atoms in total. The maximum atomic E-state index is 11.7. The third kappa shape index (κ3) is 3.51. The molecule has 0 atom stereocenters. The fourth-order valence-electron chi connectivity index (χ4n) is 1.65. The molecular formula is C13H14N2O3S. The normalized spacial score (nSPS) is 10.4. The van der Waals surface area contributed by atoms with Crippen LogP contribution < -0.4 is 5.32 Å². The summed E-state index contributed by atoms with van der Waals surface area (Å²) in [6.07, 6.45) is 1.74. The van der Waals surface area contributed by atoms with Gasteiger partial charge in [-0.1, -0.05) is 0 Å². The van der Waals surface area contributed by atoms with Gasteiger partial charge in [-0.25, -0.2) is 4.98 Å². The van der Waals surface area contributed by atoms with Gasteiger partial charge in [0.2, 0.25) is 5.91 Å². The third-order valence-corrected chi connectivity index (χ3v) is 3.50. The van der Waals surface area contributed by atoms with Crippen LogP contribution in [0.25, 0.3) is 0 Å². The predicted molar refractivity (Wildman–Crippen MR) is 71.1 cm³/mol. The number of Topliss-reactive ketones (excluding diaryl/α,β-unsaturated/α-hetero) is 1. The lowest BCUT2D eigenvalue weighted by Gasteiger charge is -2.00. The van der Waals surface area contributed by atoms with Crippen LogP contribution in [0, 0.1) is 6.92 Å². The Hall–Kier alpha value is -1.95. The lowest BCUT2D eigenvalue weighted by atomic mass is 10.3. The molecule has 0 radical (unpaired) electrons. The largest absolute Gasteiger partial charge is 0.467 e. The lowest BCUT2D eigenvalue weighted by Crippen LogP contribution is -2.24. The van der Waals surface area contributed by atoms with Gasteiger partial charge >= 0.3 is 0 Å². The number of rotatable bonds is 5. The first-order valence-electron chi connectivity index (χ1n) is 5.82. The molecule has 0 saturated carbocycles. The molecule has 1 amide bonds. The maximum absolute atomic E-state index is 11.7. The Morgan fingerprint density at radius 2 is 2.26 bits per heavy atom. The van der Waals surface area contributed by atoms with Gasteiger partial charge in [-0.3, -0.25) is 9.59 Å². The minimum Gasteiger partial charge on any atom is -0.467 e. The average molecular weight is 278 g/mol. The Morgan fingerprint density at radius 3 is 2.84 bits per heavy atom. The molecule has 0 aliphatic rings. The van der Waals surface area contributed by atoms with Gasteiger partial charge in [0, 0.05) is 11.8 Å². The number of hydrogen-bond donors (Lipinski definition) is 1. The van der Waals surface area contributed by atoms with E-state index in [1.807, 2.05) is 6.92 Å². The Bertz CT molecular complexity index is 587. The second kappa shape index (κ2) is 5.79. The van der Waals surface area contributed by atoms with E-state index in [2.05, 4.69) is 10.3 Å². The van der Waals surface area contributed by atoms with Gasteiger partial charge in [-0.15, -0.1) is 11.3 Å². The Labute approximate surface area is 114 Å². The minimum absolute atomic E-state index is 0.0732. The standard InChI is InChI=1S/C13H14N2O3S/c1-8(16)13-9(2)19-12(15-13)6-11(17)14-7-10-4-3-5-18-10/h3-5H,6-7H2,1-2H3,(H,14,17). The number of amides is 1. The molecule has 6 heteroatoms.